The molecule has 0 aromatic rings. The van der Waals surface area contributed by atoms with Gasteiger partial charge in [0.05, 0.1) is 0 Å². The van der Waals surface area contributed by atoms with Gasteiger partial charge in [-0.2, -0.15) is 0 Å². The van der Waals surface area contributed by atoms with Gasteiger partial charge in [-0.25, -0.2) is 0 Å². The van der Waals surface area contributed by atoms with Crippen LogP contribution in [-0.4, -0.2) is 23.9 Å². The van der Waals surface area contributed by atoms with Crippen LogP contribution in [0.15, 0.2) is 0 Å². The Kier molecular flexibility index (Phi) is 5.19. The Hall–Kier alpha value is -0.970. The van der Waals surface area contributed by atoms with Crippen molar-refractivity contribution in [1.29, 1.82) is 0 Å². The maximum Gasteiger partial charge on any atom is 0.298 e. The molecule has 1 amide bonds. The molecule has 0 radical (unpaired) electrons. The molecule has 0 atom stereocenters. The summed E-state index contributed by atoms with van der Waals surface area (Å²) < 4.78 is 0. The number of nitrogens with zero attached hydrogens (tertiary/aromatic N) is 1. The number of hydrogen-bond acceptors (Lipinski definition) is 1. The van der Waals surface area contributed by atoms with Crippen molar-refractivity contribution in [3.63, 3.8) is 0 Å². The highest BCUT2D eigenvalue weighted by Crippen LogP contribution is 1.99. The molecule has 0 aliphatic rings. The zero-order valence-corrected chi connectivity index (χ0v) is 8.13. The molecular formula is C10H17NO. The van der Waals surface area contributed by atoms with Crippen molar-refractivity contribution in [2.75, 3.05) is 13.1 Å². The molecule has 68 valence electrons. The summed E-state index contributed by atoms with van der Waals surface area (Å²) in [7, 11) is 0. The van der Waals surface area contributed by atoms with Gasteiger partial charge in [0.15, 0.2) is 0 Å². The maximum atomic E-state index is 11.1. The van der Waals surface area contributed by atoms with Crippen molar-refractivity contribution in [2.24, 2.45) is 5.92 Å². The van der Waals surface area contributed by atoms with Crippen LogP contribution in [0, 0.1) is 18.3 Å². The molecule has 0 rings (SSSR count). The summed E-state index contributed by atoms with van der Waals surface area (Å²) in [5.41, 5.74) is 0. The first kappa shape index (κ1) is 11.0. The molecule has 0 aromatic carbocycles. The number of terminal acetylenes is 1. The van der Waals surface area contributed by atoms with E-state index in [4.69, 9.17) is 6.42 Å². The first-order valence-electron chi connectivity index (χ1n) is 4.37. The second-order valence-electron chi connectivity index (χ2n) is 3.29. The van der Waals surface area contributed by atoms with Gasteiger partial charge in [-0.05, 0) is 18.3 Å². The first-order chi connectivity index (χ1) is 5.61. The number of rotatable bonds is 4. The molecule has 2 nitrogen and oxygen atoms in total. The third kappa shape index (κ3) is 4.02. The zero-order valence-electron chi connectivity index (χ0n) is 8.13. The first-order valence-corrected chi connectivity index (χ1v) is 4.37. The van der Waals surface area contributed by atoms with Gasteiger partial charge in [0, 0.05) is 13.1 Å². The molecule has 0 N–H and O–H groups in total. The van der Waals surface area contributed by atoms with E-state index in [1.807, 2.05) is 6.92 Å². The van der Waals surface area contributed by atoms with Gasteiger partial charge in [-0.1, -0.05) is 20.8 Å². The predicted molar refractivity (Wildman–Crippen MR) is 50.5 cm³/mol. The van der Waals surface area contributed by atoms with E-state index >= 15 is 0 Å². The standard InChI is InChI=1S/C10H17NO/c1-5-7-11(8-9(3)4)10(12)6-2/h2,9H,5,7-8H2,1,3-4H3. The molecule has 0 unspecified atom stereocenters. The summed E-state index contributed by atoms with van der Waals surface area (Å²) in [5, 5.41) is 0. The molecule has 0 spiro atoms. The number of carbonyl (C=O) groups excluding carboxylic acids is 1. The highest BCUT2D eigenvalue weighted by atomic mass is 16.2. The van der Waals surface area contributed by atoms with Gasteiger partial charge in [0.25, 0.3) is 5.91 Å². The molecule has 0 heterocycles. The number of amides is 1. The van der Waals surface area contributed by atoms with Crippen molar-refractivity contribution in [1.82, 2.24) is 4.90 Å². The summed E-state index contributed by atoms with van der Waals surface area (Å²) in [4.78, 5) is 12.9. The van der Waals surface area contributed by atoms with Gasteiger partial charge in [0.2, 0.25) is 0 Å². The Labute approximate surface area is 74.9 Å². The van der Waals surface area contributed by atoms with Crippen molar-refractivity contribution in [3.8, 4) is 12.3 Å². The quantitative estimate of drug-likeness (QED) is 0.581. The number of hydrogen-bond donors (Lipinski definition) is 0. The van der Waals surface area contributed by atoms with Gasteiger partial charge < -0.3 is 4.90 Å². The molecule has 12 heavy (non-hydrogen) atoms. The maximum absolute atomic E-state index is 11.1. The van der Waals surface area contributed by atoms with Crippen LogP contribution < -0.4 is 0 Å². The van der Waals surface area contributed by atoms with E-state index in [1.54, 1.807) is 4.90 Å². The lowest BCUT2D eigenvalue weighted by Crippen LogP contribution is -2.33. The highest BCUT2D eigenvalue weighted by molar-refractivity contribution is 5.92. The predicted octanol–water partition coefficient (Wildman–Crippen LogP) is 1.51. The summed E-state index contributed by atoms with van der Waals surface area (Å²) in [6.45, 7) is 7.72. The van der Waals surface area contributed by atoms with E-state index < -0.39 is 0 Å². The Morgan fingerprint density at radius 3 is 2.50 bits per heavy atom. The fourth-order valence-electron chi connectivity index (χ4n) is 1.08. The Bertz CT molecular complexity index is 179. The van der Waals surface area contributed by atoms with Crippen molar-refractivity contribution < 1.29 is 4.79 Å². The van der Waals surface area contributed by atoms with Crippen LogP contribution in [0.3, 0.4) is 0 Å². The second kappa shape index (κ2) is 5.65. The van der Waals surface area contributed by atoms with Crippen LogP contribution in [0.2, 0.25) is 0 Å². The average molecular weight is 167 g/mol. The zero-order chi connectivity index (χ0) is 9.56. The molecule has 0 aromatic heterocycles. The van der Waals surface area contributed by atoms with Gasteiger partial charge in [-0.3, -0.25) is 4.79 Å². The summed E-state index contributed by atoms with van der Waals surface area (Å²) in [5.74, 6) is 2.43. The van der Waals surface area contributed by atoms with E-state index in [1.165, 1.54) is 0 Å². The topological polar surface area (TPSA) is 20.3 Å². The summed E-state index contributed by atoms with van der Waals surface area (Å²) in [6.07, 6.45) is 6.00. The highest BCUT2D eigenvalue weighted by Gasteiger charge is 2.10. The van der Waals surface area contributed by atoms with E-state index in [2.05, 4.69) is 19.8 Å². The van der Waals surface area contributed by atoms with Crippen LogP contribution in [0.1, 0.15) is 27.2 Å². The van der Waals surface area contributed by atoms with E-state index in [-0.39, 0.29) is 5.91 Å². The Morgan fingerprint density at radius 2 is 2.17 bits per heavy atom. The normalized spacial score (nSPS) is 9.58. The fraction of sp³-hybridized carbons (Fsp3) is 0.700. The van der Waals surface area contributed by atoms with Gasteiger partial charge in [-0.15, -0.1) is 6.42 Å². The lowest BCUT2D eigenvalue weighted by atomic mass is 10.2. The molecular weight excluding hydrogens is 150 g/mol. The van der Waals surface area contributed by atoms with Crippen molar-refractivity contribution in [2.45, 2.75) is 27.2 Å². The van der Waals surface area contributed by atoms with Crippen molar-refractivity contribution >= 4 is 5.91 Å². The molecule has 0 bridgehead atoms. The molecule has 0 fully saturated rings. The van der Waals surface area contributed by atoms with Gasteiger partial charge >= 0.3 is 0 Å². The minimum absolute atomic E-state index is 0.189. The third-order valence-electron chi connectivity index (χ3n) is 1.49. The molecule has 0 saturated carbocycles. The largest absolute Gasteiger partial charge is 0.332 e. The van der Waals surface area contributed by atoms with Crippen LogP contribution >= 0.6 is 0 Å². The monoisotopic (exact) mass is 167 g/mol. The average Bonchev–Trinajstić information content (AvgIpc) is 2.01. The SMILES string of the molecule is C#CC(=O)N(CCC)CC(C)C. The second-order valence-corrected chi connectivity index (χ2v) is 3.29. The van der Waals surface area contributed by atoms with Crippen LogP contribution in [0.4, 0.5) is 0 Å². The van der Waals surface area contributed by atoms with Crippen molar-refractivity contribution in [3.05, 3.63) is 0 Å². The van der Waals surface area contributed by atoms with Gasteiger partial charge in [0.1, 0.15) is 0 Å². The minimum atomic E-state index is -0.189. The smallest absolute Gasteiger partial charge is 0.298 e. The van der Waals surface area contributed by atoms with Crippen LogP contribution in [0.25, 0.3) is 0 Å². The van der Waals surface area contributed by atoms with Crippen LogP contribution in [-0.2, 0) is 4.79 Å². The van der Waals surface area contributed by atoms with E-state index in [0.717, 1.165) is 19.5 Å². The summed E-state index contributed by atoms with van der Waals surface area (Å²) >= 11 is 0. The Balaban J connectivity index is 4.05. The lowest BCUT2D eigenvalue weighted by Gasteiger charge is -2.21. The lowest BCUT2D eigenvalue weighted by molar-refractivity contribution is -0.125. The summed E-state index contributed by atoms with van der Waals surface area (Å²) in [6, 6.07) is 0. The van der Waals surface area contributed by atoms with E-state index in [0.29, 0.717) is 5.92 Å². The minimum Gasteiger partial charge on any atom is -0.332 e. The third-order valence-corrected chi connectivity index (χ3v) is 1.49. The molecule has 2 heteroatoms. The van der Waals surface area contributed by atoms with E-state index in [9.17, 15) is 4.79 Å². The molecule has 0 saturated heterocycles. The Morgan fingerprint density at radius 1 is 1.58 bits per heavy atom. The van der Waals surface area contributed by atoms with Crippen LogP contribution in [0.5, 0.6) is 0 Å². The molecule has 0 aliphatic heterocycles. The molecule has 0 aliphatic carbocycles. The number of carbonyl (C=O) groups is 1. The fourth-order valence-corrected chi connectivity index (χ4v) is 1.08.